The maximum absolute atomic E-state index is 11.3. The average Bonchev–Trinajstić information content (AvgIpc) is 2.80. The fourth-order valence-electron chi connectivity index (χ4n) is 1.91. The summed E-state index contributed by atoms with van der Waals surface area (Å²) in [6.45, 7) is 4.81. The summed E-state index contributed by atoms with van der Waals surface area (Å²) in [7, 11) is 0. The number of rotatable bonds is 5. The van der Waals surface area contributed by atoms with Crippen molar-refractivity contribution in [3.05, 3.63) is 35.0 Å². The summed E-state index contributed by atoms with van der Waals surface area (Å²) in [5, 5.41) is 17.5. The molecule has 0 aliphatic heterocycles. The van der Waals surface area contributed by atoms with Crippen molar-refractivity contribution in [3.8, 4) is 11.3 Å². The van der Waals surface area contributed by atoms with E-state index in [4.69, 9.17) is 11.6 Å². The summed E-state index contributed by atoms with van der Waals surface area (Å²) in [4.78, 5) is 11.3. The van der Waals surface area contributed by atoms with Crippen LogP contribution in [0.15, 0.2) is 24.3 Å². The third kappa shape index (κ3) is 2.99. The normalized spacial score (nSPS) is 11.0. The van der Waals surface area contributed by atoms with Crippen LogP contribution in [0.3, 0.4) is 0 Å². The Bertz CT molecular complexity index is 623. The lowest BCUT2D eigenvalue weighted by Crippen LogP contribution is -2.07. The van der Waals surface area contributed by atoms with Gasteiger partial charge in [-0.15, -0.1) is 5.10 Å². The molecule has 0 bridgehead atoms. The van der Waals surface area contributed by atoms with Crippen LogP contribution in [0.5, 0.6) is 0 Å². The van der Waals surface area contributed by atoms with Crippen molar-refractivity contribution in [1.29, 1.82) is 0 Å². The van der Waals surface area contributed by atoms with Gasteiger partial charge >= 0.3 is 5.97 Å². The maximum Gasteiger partial charge on any atom is 0.358 e. The van der Waals surface area contributed by atoms with E-state index in [9.17, 15) is 9.90 Å². The van der Waals surface area contributed by atoms with Crippen LogP contribution < -0.4 is 0 Å². The lowest BCUT2D eigenvalue weighted by molar-refractivity contribution is 0.0691. The highest BCUT2D eigenvalue weighted by molar-refractivity contribution is 6.33. The van der Waals surface area contributed by atoms with E-state index in [0.717, 1.165) is 6.42 Å². The Morgan fingerprint density at radius 2 is 2.10 bits per heavy atom. The molecule has 6 heteroatoms. The van der Waals surface area contributed by atoms with Crippen LogP contribution in [-0.2, 0) is 6.54 Å². The van der Waals surface area contributed by atoms with Crippen LogP contribution in [0.1, 0.15) is 30.8 Å². The third-order valence-electron chi connectivity index (χ3n) is 2.98. The quantitative estimate of drug-likeness (QED) is 0.918. The molecule has 0 atom stereocenters. The molecule has 1 aromatic carbocycles. The summed E-state index contributed by atoms with van der Waals surface area (Å²) in [6, 6.07) is 7.11. The van der Waals surface area contributed by atoms with Crippen molar-refractivity contribution >= 4 is 17.6 Å². The SMILES string of the molecule is CC(C)CCn1nnc(C(=O)O)c1-c1ccccc1Cl. The molecule has 0 fully saturated rings. The first kappa shape index (κ1) is 14.5. The number of nitrogens with zero attached hydrogens (tertiary/aromatic N) is 3. The second-order valence-electron chi connectivity index (χ2n) is 4.98. The van der Waals surface area contributed by atoms with Crippen LogP contribution in [0, 0.1) is 5.92 Å². The number of halogens is 1. The van der Waals surface area contributed by atoms with Crippen LogP contribution in [0.2, 0.25) is 5.02 Å². The van der Waals surface area contributed by atoms with Crippen molar-refractivity contribution < 1.29 is 9.90 Å². The number of hydrogen-bond donors (Lipinski definition) is 1. The maximum atomic E-state index is 11.3. The Kier molecular flexibility index (Phi) is 4.39. The molecule has 5 nitrogen and oxygen atoms in total. The Balaban J connectivity index is 2.50. The minimum atomic E-state index is -1.10. The zero-order chi connectivity index (χ0) is 14.7. The van der Waals surface area contributed by atoms with Gasteiger partial charge in [0.15, 0.2) is 5.69 Å². The Morgan fingerprint density at radius 3 is 2.70 bits per heavy atom. The summed E-state index contributed by atoms with van der Waals surface area (Å²) in [5.41, 5.74) is 1.03. The van der Waals surface area contributed by atoms with Gasteiger partial charge in [-0.25, -0.2) is 9.48 Å². The molecule has 1 N–H and O–H groups in total. The Morgan fingerprint density at radius 1 is 1.40 bits per heavy atom. The van der Waals surface area contributed by atoms with Gasteiger partial charge in [-0.05, 0) is 18.4 Å². The number of aryl methyl sites for hydroxylation is 1. The van der Waals surface area contributed by atoms with Crippen molar-refractivity contribution in [2.75, 3.05) is 0 Å². The molecular formula is C14H16ClN3O2. The van der Waals surface area contributed by atoms with E-state index in [1.165, 1.54) is 0 Å². The van der Waals surface area contributed by atoms with Crippen LogP contribution in [0.4, 0.5) is 0 Å². The van der Waals surface area contributed by atoms with E-state index in [1.54, 1.807) is 22.9 Å². The molecule has 0 radical (unpaired) electrons. The molecule has 0 unspecified atom stereocenters. The van der Waals surface area contributed by atoms with Gasteiger partial charge in [0.25, 0.3) is 0 Å². The van der Waals surface area contributed by atoms with Gasteiger partial charge in [0.1, 0.15) is 5.69 Å². The fraction of sp³-hybridized carbons (Fsp3) is 0.357. The minimum absolute atomic E-state index is 0.0677. The molecular weight excluding hydrogens is 278 g/mol. The topological polar surface area (TPSA) is 68.0 Å². The number of carbonyl (C=O) groups is 1. The largest absolute Gasteiger partial charge is 0.476 e. The number of benzene rings is 1. The lowest BCUT2D eigenvalue weighted by Gasteiger charge is -2.10. The number of aromatic nitrogens is 3. The van der Waals surface area contributed by atoms with Crippen molar-refractivity contribution in [3.63, 3.8) is 0 Å². The molecule has 20 heavy (non-hydrogen) atoms. The van der Waals surface area contributed by atoms with E-state index in [2.05, 4.69) is 24.2 Å². The van der Waals surface area contributed by atoms with Crippen LogP contribution >= 0.6 is 11.6 Å². The zero-order valence-electron chi connectivity index (χ0n) is 11.4. The standard InChI is InChI=1S/C14H16ClN3O2/c1-9(2)7-8-18-13(12(14(19)20)16-17-18)10-5-3-4-6-11(10)15/h3-6,9H,7-8H2,1-2H3,(H,19,20). The molecule has 2 aromatic rings. The van der Waals surface area contributed by atoms with Gasteiger partial charge in [0.05, 0.1) is 5.02 Å². The van der Waals surface area contributed by atoms with Crippen molar-refractivity contribution in [1.82, 2.24) is 15.0 Å². The van der Waals surface area contributed by atoms with Crippen LogP contribution in [-0.4, -0.2) is 26.1 Å². The molecule has 0 saturated carbocycles. The Hall–Kier alpha value is -1.88. The predicted octanol–water partition coefficient (Wildman–Crippen LogP) is 3.34. The van der Waals surface area contributed by atoms with Crippen molar-refractivity contribution in [2.45, 2.75) is 26.8 Å². The van der Waals surface area contributed by atoms with Gasteiger partial charge in [-0.1, -0.05) is 48.9 Å². The molecule has 0 aliphatic carbocycles. The predicted molar refractivity (Wildman–Crippen MR) is 76.9 cm³/mol. The molecule has 0 aliphatic rings. The van der Waals surface area contributed by atoms with E-state index in [1.807, 2.05) is 6.07 Å². The first-order valence-electron chi connectivity index (χ1n) is 6.42. The van der Waals surface area contributed by atoms with Crippen LogP contribution in [0.25, 0.3) is 11.3 Å². The molecule has 0 spiro atoms. The highest BCUT2D eigenvalue weighted by atomic mass is 35.5. The number of carboxylic acids is 1. The van der Waals surface area contributed by atoms with Gasteiger partial charge in [0, 0.05) is 12.1 Å². The van der Waals surface area contributed by atoms with Gasteiger partial charge in [-0.2, -0.15) is 0 Å². The highest BCUT2D eigenvalue weighted by Crippen LogP contribution is 2.29. The third-order valence-corrected chi connectivity index (χ3v) is 3.31. The number of carboxylic acid groups (broad SMARTS) is 1. The smallest absolute Gasteiger partial charge is 0.358 e. The highest BCUT2D eigenvalue weighted by Gasteiger charge is 2.22. The summed E-state index contributed by atoms with van der Waals surface area (Å²) >= 11 is 6.17. The molecule has 1 heterocycles. The first-order chi connectivity index (χ1) is 9.50. The Labute approximate surface area is 122 Å². The molecule has 0 amide bonds. The van der Waals surface area contributed by atoms with E-state index in [-0.39, 0.29) is 5.69 Å². The first-order valence-corrected chi connectivity index (χ1v) is 6.80. The van der Waals surface area contributed by atoms with E-state index < -0.39 is 5.97 Å². The number of hydrogen-bond acceptors (Lipinski definition) is 3. The van der Waals surface area contributed by atoms with Gasteiger partial charge in [-0.3, -0.25) is 0 Å². The summed E-state index contributed by atoms with van der Waals surface area (Å²) in [6.07, 6.45) is 0.889. The molecule has 1 aromatic heterocycles. The second kappa shape index (κ2) is 6.05. The fourth-order valence-corrected chi connectivity index (χ4v) is 2.14. The number of aromatic carboxylic acids is 1. The zero-order valence-corrected chi connectivity index (χ0v) is 12.1. The van der Waals surface area contributed by atoms with E-state index >= 15 is 0 Å². The molecule has 106 valence electrons. The van der Waals surface area contributed by atoms with Crippen molar-refractivity contribution in [2.24, 2.45) is 5.92 Å². The summed E-state index contributed by atoms with van der Waals surface area (Å²) < 4.78 is 1.62. The summed E-state index contributed by atoms with van der Waals surface area (Å²) in [5.74, 6) is -0.609. The van der Waals surface area contributed by atoms with E-state index in [0.29, 0.717) is 28.7 Å². The monoisotopic (exact) mass is 293 g/mol. The molecule has 2 rings (SSSR count). The lowest BCUT2D eigenvalue weighted by atomic mass is 10.1. The van der Waals surface area contributed by atoms with Gasteiger partial charge in [0.2, 0.25) is 0 Å². The minimum Gasteiger partial charge on any atom is -0.476 e. The average molecular weight is 294 g/mol. The van der Waals surface area contributed by atoms with Gasteiger partial charge < -0.3 is 5.11 Å². The molecule has 0 saturated heterocycles. The second-order valence-corrected chi connectivity index (χ2v) is 5.38.